The first-order valence-corrected chi connectivity index (χ1v) is 20.1. The third-order valence-corrected chi connectivity index (χ3v) is 8.54. The van der Waals surface area contributed by atoms with Crippen molar-refractivity contribution in [2.45, 2.75) is 44.6 Å². The second kappa shape index (κ2) is 31.5. The zero-order valence-corrected chi connectivity index (χ0v) is 33.5. The van der Waals surface area contributed by atoms with Gasteiger partial charge in [0.15, 0.2) is 0 Å². The van der Waals surface area contributed by atoms with E-state index in [0.717, 1.165) is 17.7 Å². The maximum Gasteiger partial charge on any atom is 0.264 e. The number of hydrogen-bond acceptors (Lipinski definition) is 16. The highest BCUT2D eigenvalue weighted by Gasteiger charge is 2.45. The summed E-state index contributed by atoms with van der Waals surface area (Å²) in [6.07, 6.45) is 2.45. The molecule has 0 aromatic heterocycles. The van der Waals surface area contributed by atoms with Crippen molar-refractivity contribution in [3.05, 3.63) is 29.3 Å². The number of amides is 5. The van der Waals surface area contributed by atoms with Crippen molar-refractivity contribution in [2.24, 2.45) is 5.73 Å². The van der Waals surface area contributed by atoms with E-state index in [0.29, 0.717) is 145 Å². The van der Waals surface area contributed by atoms with Gasteiger partial charge in [-0.15, -0.1) is 0 Å². The Hall–Kier alpha value is -3.47. The lowest BCUT2D eigenvalue weighted by Crippen LogP contribution is -2.54. The van der Waals surface area contributed by atoms with E-state index in [1.54, 1.807) is 12.1 Å². The molecule has 19 heteroatoms. The normalized spacial score (nSPS) is 15.3. The summed E-state index contributed by atoms with van der Waals surface area (Å²) < 4.78 is 54.5. The molecule has 2 aliphatic rings. The van der Waals surface area contributed by atoms with Crippen LogP contribution in [0.25, 0.3) is 0 Å². The average molecular weight is 827 g/mol. The number of piperidine rings is 1. The van der Waals surface area contributed by atoms with Gasteiger partial charge in [0.2, 0.25) is 17.7 Å². The number of rotatable bonds is 37. The fraction of sp³-hybridized carbons (Fsp3) is 0.718. The van der Waals surface area contributed by atoms with Gasteiger partial charge in [-0.3, -0.25) is 34.2 Å². The topological polar surface area (TPSA) is 231 Å². The highest BCUT2D eigenvalue weighted by atomic mass is 16.6. The van der Waals surface area contributed by atoms with Crippen molar-refractivity contribution in [3.63, 3.8) is 0 Å². The molecule has 0 saturated carbocycles. The van der Waals surface area contributed by atoms with E-state index in [1.165, 1.54) is 6.07 Å². The van der Waals surface area contributed by atoms with Gasteiger partial charge in [0.1, 0.15) is 6.04 Å². The van der Waals surface area contributed by atoms with Crippen LogP contribution in [0.4, 0.5) is 5.69 Å². The molecule has 0 radical (unpaired) electrons. The Morgan fingerprint density at radius 3 is 1.50 bits per heavy atom. The second-order valence-corrected chi connectivity index (χ2v) is 12.9. The van der Waals surface area contributed by atoms with Crippen molar-refractivity contribution in [1.82, 2.24) is 10.2 Å². The number of nitrogens with one attached hydrogen (secondary N) is 2. The third-order valence-electron chi connectivity index (χ3n) is 8.54. The van der Waals surface area contributed by atoms with Crippen molar-refractivity contribution in [3.8, 4) is 0 Å². The van der Waals surface area contributed by atoms with Gasteiger partial charge in [0, 0.05) is 26.0 Å². The molecule has 2 aliphatic heterocycles. The Kier molecular flexibility index (Phi) is 26.5. The minimum Gasteiger partial charge on any atom is -0.379 e. The fourth-order valence-corrected chi connectivity index (χ4v) is 5.66. The summed E-state index contributed by atoms with van der Waals surface area (Å²) >= 11 is 0. The van der Waals surface area contributed by atoms with Crippen molar-refractivity contribution in [2.75, 3.05) is 144 Å². The lowest BCUT2D eigenvalue weighted by atomic mass is 10.0. The summed E-state index contributed by atoms with van der Waals surface area (Å²) in [6.45, 7) is 10.3. The fourth-order valence-electron chi connectivity index (χ4n) is 5.66. The predicted octanol–water partition coefficient (Wildman–Crippen LogP) is 0.711. The van der Waals surface area contributed by atoms with E-state index < -0.39 is 29.7 Å². The Balaban J connectivity index is 1.02. The maximum absolute atomic E-state index is 13.2. The van der Waals surface area contributed by atoms with Gasteiger partial charge in [-0.05, 0) is 31.4 Å². The average Bonchev–Trinajstić information content (AvgIpc) is 3.47. The molecular weight excluding hydrogens is 764 g/mol. The molecule has 0 spiro atoms. The van der Waals surface area contributed by atoms with E-state index in [4.69, 9.17) is 53.1 Å². The molecule has 1 unspecified atom stereocenters. The summed E-state index contributed by atoms with van der Waals surface area (Å²) in [6, 6.07) is 3.53. The molecule has 19 nitrogen and oxygen atoms in total. The number of carbonyl (C=O) groups excluding carboxylic acids is 5. The summed E-state index contributed by atoms with van der Waals surface area (Å²) in [5.41, 5.74) is 5.71. The van der Waals surface area contributed by atoms with Crippen LogP contribution in [0.2, 0.25) is 0 Å². The van der Waals surface area contributed by atoms with Crippen LogP contribution in [0.5, 0.6) is 0 Å². The Labute approximate surface area is 340 Å². The minimum absolute atomic E-state index is 0.0278. The second-order valence-electron chi connectivity index (χ2n) is 12.9. The van der Waals surface area contributed by atoms with E-state index in [-0.39, 0.29) is 42.0 Å². The number of fused-ring (bicyclic) bond motifs is 1. The molecule has 0 aliphatic carbocycles. The van der Waals surface area contributed by atoms with Gasteiger partial charge in [-0.1, -0.05) is 12.5 Å². The summed E-state index contributed by atoms with van der Waals surface area (Å²) in [4.78, 5) is 63.5. The Morgan fingerprint density at radius 1 is 0.603 bits per heavy atom. The lowest BCUT2D eigenvalue weighted by molar-refractivity contribution is -0.136. The summed E-state index contributed by atoms with van der Waals surface area (Å²) in [5, 5.41) is 4.90. The molecule has 1 aromatic rings. The molecule has 1 saturated heterocycles. The summed E-state index contributed by atoms with van der Waals surface area (Å²) in [5.74, 6) is -2.72. The molecule has 5 amide bonds. The molecule has 3 rings (SSSR count). The van der Waals surface area contributed by atoms with Gasteiger partial charge in [0.25, 0.3) is 11.8 Å². The van der Waals surface area contributed by atoms with Crippen molar-refractivity contribution >= 4 is 35.2 Å². The third kappa shape index (κ3) is 20.0. The standard InChI is InChI=1S/C39H62N4O15/c40-10-12-50-14-16-52-18-20-54-22-24-56-26-28-58-30-29-57-27-25-55-23-21-53-19-17-51-15-13-49-11-3-1-2-7-34(44)41-32-6-4-5-31-36(32)39(48)43(38(31)47)33-8-9-35(45)42-37(33)46/h4-6,33H,1-3,7-30,40H2,(H,41,44)(H,42,45,46). The van der Waals surface area contributed by atoms with Gasteiger partial charge < -0.3 is 58.4 Å². The molecule has 1 atom stereocenters. The molecule has 328 valence electrons. The highest BCUT2D eigenvalue weighted by Crippen LogP contribution is 2.32. The molecule has 4 N–H and O–H groups in total. The van der Waals surface area contributed by atoms with Crippen LogP contribution >= 0.6 is 0 Å². The molecule has 1 fully saturated rings. The van der Waals surface area contributed by atoms with Crippen LogP contribution in [0.1, 0.15) is 59.2 Å². The minimum atomic E-state index is -1.07. The van der Waals surface area contributed by atoms with Gasteiger partial charge >= 0.3 is 0 Å². The predicted molar refractivity (Wildman–Crippen MR) is 207 cm³/mol. The molecule has 2 heterocycles. The molecular formula is C39H62N4O15. The number of nitrogens with zero attached hydrogens (tertiary/aromatic N) is 1. The number of nitrogens with two attached hydrogens (primary N) is 1. The van der Waals surface area contributed by atoms with E-state index in [2.05, 4.69) is 10.6 Å². The first kappa shape index (κ1) is 48.9. The Morgan fingerprint density at radius 2 is 1.05 bits per heavy atom. The number of unbranched alkanes of at least 4 members (excludes halogenated alkanes) is 2. The lowest BCUT2D eigenvalue weighted by Gasteiger charge is -2.27. The Bertz CT molecular complexity index is 1350. The van der Waals surface area contributed by atoms with Crippen molar-refractivity contribution < 1.29 is 71.3 Å². The zero-order valence-electron chi connectivity index (χ0n) is 33.5. The van der Waals surface area contributed by atoms with E-state index in [1.807, 2.05) is 0 Å². The quantitative estimate of drug-likeness (QED) is 0.0620. The van der Waals surface area contributed by atoms with Crippen LogP contribution < -0.4 is 16.4 Å². The number of benzene rings is 1. The first-order chi connectivity index (χ1) is 28.4. The van der Waals surface area contributed by atoms with E-state index in [9.17, 15) is 24.0 Å². The van der Waals surface area contributed by atoms with Crippen molar-refractivity contribution in [1.29, 1.82) is 0 Å². The molecule has 1 aromatic carbocycles. The van der Waals surface area contributed by atoms with E-state index >= 15 is 0 Å². The SMILES string of the molecule is NCCOCCOCCOCCOCCOCCOCCOCCOCCOCCOCCCCCC(=O)Nc1cccc2c1C(=O)N(C1CCC(=O)NC1=O)C2=O. The van der Waals surface area contributed by atoms with Crippen LogP contribution in [0.3, 0.4) is 0 Å². The van der Waals surface area contributed by atoms with Gasteiger partial charge in [0.05, 0.1) is 142 Å². The summed E-state index contributed by atoms with van der Waals surface area (Å²) in [7, 11) is 0. The van der Waals surface area contributed by atoms with Crippen LogP contribution in [0.15, 0.2) is 18.2 Å². The van der Waals surface area contributed by atoms with Crippen LogP contribution in [-0.2, 0) is 61.8 Å². The van der Waals surface area contributed by atoms with Gasteiger partial charge in [-0.25, -0.2) is 0 Å². The zero-order chi connectivity index (χ0) is 41.5. The van der Waals surface area contributed by atoms with Gasteiger partial charge in [-0.2, -0.15) is 0 Å². The number of anilines is 1. The first-order valence-electron chi connectivity index (χ1n) is 20.1. The highest BCUT2D eigenvalue weighted by molar-refractivity contribution is 6.26. The number of imide groups is 2. The monoisotopic (exact) mass is 826 g/mol. The number of carbonyl (C=O) groups is 5. The molecule has 58 heavy (non-hydrogen) atoms. The number of hydrogen-bond donors (Lipinski definition) is 3. The maximum atomic E-state index is 13.2. The largest absolute Gasteiger partial charge is 0.379 e. The molecule has 0 bridgehead atoms. The van der Waals surface area contributed by atoms with Crippen LogP contribution in [-0.4, -0.2) is 179 Å². The van der Waals surface area contributed by atoms with Crippen LogP contribution in [0, 0.1) is 0 Å². The smallest absolute Gasteiger partial charge is 0.264 e. The number of ether oxygens (including phenoxy) is 10.